The molecule has 0 unspecified atom stereocenters. The first kappa shape index (κ1) is 24.1. The molecule has 1 aliphatic heterocycles. The van der Waals surface area contributed by atoms with E-state index in [2.05, 4.69) is 5.32 Å². The number of carboxylic acid groups (broad SMARTS) is 1. The second kappa shape index (κ2) is 10.1. The van der Waals surface area contributed by atoms with Gasteiger partial charge in [-0.1, -0.05) is 19.9 Å². The quantitative estimate of drug-likeness (QED) is 0.545. The van der Waals surface area contributed by atoms with E-state index >= 15 is 0 Å². The molecule has 1 aliphatic rings. The minimum atomic E-state index is -1.36. The summed E-state index contributed by atoms with van der Waals surface area (Å²) in [4.78, 5) is 36.6. The number of nitrogens with one attached hydrogen (secondary N) is 1. The van der Waals surface area contributed by atoms with Gasteiger partial charge in [-0.05, 0) is 42.7 Å². The predicted molar refractivity (Wildman–Crippen MR) is 126 cm³/mol. The molecule has 0 radical (unpaired) electrons. The summed E-state index contributed by atoms with van der Waals surface area (Å²) in [5, 5.41) is 13.9. The van der Waals surface area contributed by atoms with Crippen molar-refractivity contribution >= 4 is 22.8 Å². The fourth-order valence-electron chi connectivity index (χ4n) is 3.89. The van der Waals surface area contributed by atoms with Crippen molar-refractivity contribution in [2.45, 2.75) is 33.2 Å². The number of hydrogen-bond acceptors (Lipinski definition) is 8. The highest BCUT2D eigenvalue weighted by Crippen LogP contribution is 2.35. The number of amides is 1. The third-order valence-electron chi connectivity index (χ3n) is 5.68. The SMILES string of the molecule is Cc1oc2cc(OCC(=O)N[C@H](C(=O)[O-])C(C)C)ccc2c(=O)c1-c1ccc2c(c1)OCCCO2. The zero-order valence-electron chi connectivity index (χ0n) is 19.7. The normalized spacial score (nSPS) is 13.8. The summed E-state index contributed by atoms with van der Waals surface area (Å²) in [6.07, 6.45) is 0.780. The number of fused-ring (bicyclic) bond motifs is 2. The van der Waals surface area contributed by atoms with Gasteiger partial charge in [-0.3, -0.25) is 9.59 Å². The van der Waals surface area contributed by atoms with Crippen molar-refractivity contribution in [3.63, 3.8) is 0 Å². The first-order chi connectivity index (χ1) is 16.7. The van der Waals surface area contributed by atoms with Gasteiger partial charge in [-0.2, -0.15) is 0 Å². The van der Waals surface area contributed by atoms with Crippen LogP contribution in [0.3, 0.4) is 0 Å². The fraction of sp³-hybridized carbons (Fsp3) is 0.346. The number of rotatable bonds is 7. The molecule has 0 fully saturated rings. The van der Waals surface area contributed by atoms with Crippen molar-refractivity contribution in [3.05, 3.63) is 52.4 Å². The van der Waals surface area contributed by atoms with E-state index in [1.165, 1.54) is 6.07 Å². The highest BCUT2D eigenvalue weighted by atomic mass is 16.5. The predicted octanol–water partition coefficient (Wildman–Crippen LogP) is 2.20. The second-order valence-corrected chi connectivity index (χ2v) is 8.63. The van der Waals surface area contributed by atoms with Crippen molar-refractivity contribution in [3.8, 4) is 28.4 Å². The van der Waals surface area contributed by atoms with E-state index in [-0.39, 0.29) is 11.3 Å². The highest BCUT2D eigenvalue weighted by molar-refractivity contribution is 5.85. The number of hydrogen-bond donors (Lipinski definition) is 1. The van der Waals surface area contributed by atoms with Crippen LogP contribution in [0.1, 0.15) is 26.0 Å². The number of carbonyl (C=O) groups excluding carboxylic acids is 2. The van der Waals surface area contributed by atoms with E-state index in [9.17, 15) is 19.5 Å². The van der Waals surface area contributed by atoms with Crippen LogP contribution in [-0.2, 0) is 9.59 Å². The number of ether oxygens (including phenoxy) is 3. The highest BCUT2D eigenvalue weighted by Gasteiger charge is 2.19. The summed E-state index contributed by atoms with van der Waals surface area (Å²) in [5.41, 5.74) is 1.17. The summed E-state index contributed by atoms with van der Waals surface area (Å²) >= 11 is 0. The number of aryl methyl sites for hydroxylation is 1. The van der Waals surface area contributed by atoms with Gasteiger partial charge in [0.05, 0.1) is 36.2 Å². The Balaban J connectivity index is 1.56. The first-order valence-corrected chi connectivity index (χ1v) is 11.3. The second-order valence-electron chi connectivity index (χ2n) is 8.63. The molecule has 0 saturated carbocycles. The Bertz CT molecular complexity index is 1330. The van der Waals surface area contributed by atoms with Gasteiger partial charge in [-0.25, -0.2) is 0 Å². The van der Waals surface area contributed by atoms with E-state index in [1.807, 2.05) is 0 Å². The van der Waals surface area contributed by atoms with Gasteiger partial charge in [0, 0.05) is 12.5 Å². The zero-order valence-corrected chi connectivity index (χ0v) is 19.7. The van der Waals surface area contributed by atoms with Gasteiger partial charge in [-0.15, -0.1) is 0 Å². The van der Waals surface area contributed by atoms with Crippen molar-refractivity contribution in [1.29, 1.82) is 0 Å². The van der Waals surface area contributed by atoms with Crippen LogP contribution in [0.4, 0.5) is 0 Å². The van der Waals surface area contributed by atoms with Gasteiger partial charge < -0.3 is 33.8 Å². The lowest BCUT2D eigenvalue weighted by atomic mass is 10.0. The fourth-order valence-corrected chi connectivity index (χ4v) is 3.89. The van der Waals surface area contributed by atoms with E-state index in [0.717, 1.165) is 6.42 Å². The number of benzene rings is 2. The van der Waals surface area contributed by atoms with E-state index in [0.29, 0.717) is 58.3 Å². The lowest BCUT2D eigenvalue weighted by Gasteiger charge is -2.23. The molecule has 1 N–H and O–H groups in total. The van der Waals surface area contributed by atoms with Crippen molar-refractivity contribution in [2.75, 3.05) is 19.8 Å². The molecule has 0 spiro atoms. The largest absolute Gasteiger partial charge is 0.548 e. The molecule has 1 atom stereocenters. The maximum absolute atomic E-state index is 13.3. The maximum Gasteiger partial charge on any atom is 0.258 e. The standard InChI is InChI=1S/C26H27NO8/c1-14(2)24(26(30)31)27-22(28)13-34-17-6-7-18-20(12-17)35-15(3)23(25(18)29)16-5-8-19-21(11-16)33-10-4-9-32-19/h5-8,11-12,14,24H,4,9-10,13H2,1-3H3,(H,27,28)(H,30,31)/p-1/t24-/m0/s1. The molecule has 0 bridgehead atoms. The lowest BCUT2D eigenvalue weighted by molar-refractivity contribution is -0.309. The van der Waals surface area contributed by atoms with Crippen molar-refractivity contribution in [2.24, 2.45) is 5.92 Å². The molecule has 35 heavy (non-hydrogen) atoms. The smallest absolute Gasteiger partial charge is 0.258 e. The molecule has 9 heteroatoms. The Morgan fingerprint density at radius 2 is 1.83 bits per heavy atom. The maximum atomic E-state index is 13.3. The van der Waals surface area contributed by atoms with Gasteiger partial charge in [0.25, 0.3) is 5.91 Å². The zero-order chi connectivity index (χ0) is 25.1. The van der Waals surface area contributed by atoms with Crippen LogP contribution < -0.4 is 30.1 Å². The van der Waals surface area contributed by atoms with E-state index in [4.69, 9.17) is 18.6 Å². The third-order valence-corrected chi connectivity index (χ3v) is 5.68. The average molecular weight is 480 g/mol. The Labute approximate surface area is 201 Å². The lowest BCUT2D eigenvalue weighted by Crippen LogP contribution is -2.51. The Kier molecular flexibility index (Phi) is 6.95. The molecule has 3 aromatic rings. The summed E-state index contributed by atoms with van der Waals surface area (Å²) in [5.74, 6) is -0.363. The molecule has 2 heterocycles. The number of carboxylic acids is 1. The Morgan fingerprint density at radius 3 is 2.54 bits per heavy atom. The molecule has 0 saturated heterocycles. The monoisotopic (exact) mass is 480 g/mol. The summed E-state index contributed by atoms with van der Waals surface area (Å²) in [7, 11) is 0. The third kappa shape index (κ3) is 5.24. The van der Waals surface area contributed by atoms with Crippen LogP contribution in [0.25, 0.3) is 22.1 Å². The minimum absolute atomic E-state index is 0.212. The van der Waals surface area contributed by atoms with Gasteiger partial charge >= 0.3 is 0 Å². The van der Waals surface area contributed by atoms with Gasteiger partial charge in [0.2, 0.25) is 5.43 Å². The molecule has 2 aromatic carbocycles. The van der Waals surface area contributed by atoms with Crippen LogP contribution in [0.2, 0.25) is 0 Å². The van der Waals surface area contributed by atoms with Crippen LogP contribution in [0.5, 0.6) is 17.2 Å². The molecular formula is C26H26NO8-. The molecule has 184 valence electrons. The molecule has 1 aromatic heterocycles. The molecule has 9 nitrogen and oxygen atoms in total. The first-order valence-electron chi connectivity index (χ1n) is 11.3. The van der Waals surface area contributed by atoms with Crippen molar-refractivity contribution < 1.29 is 33.3 Å². The van der Waals surface area contributed by atoms with Gasteiger partial charge in [0.1, 0.15) is 17.1 Å². The minimum Gasteiger partial charge on any atom is -0.548 e. The molecule has 0 aliphatic carbocycles. The summed E-state index contributed by atoms with van der Waals surface area (Å²) in [6, 6.07) is 8.88. The summed E-state index contributed by atoms with van der Waals surface area (Å²) in [6.45, 7) is 5.73. The molecular weight excluding hydrogens is 454 g/mol. The van der Waals surface area contributed by atoms with E-state index < -0.39 is 24.5 Å². The molecule has 4 rings (SSSR count). The number of carbonyl (C=O) groups is 2. The van der Waals surface area contributed by atoms with E-state index in [1.54, 1.807) is 51.1 Å². The van der Waals surface area contributed by atoms with Crippen LogP contribution in [0, 0.1) is 12.8 Å². The number of aliphatic carboxylic acids is 1. The van der Waals surface area contributed by atoms with Gasteiger partial charge in [0.15, 0.2) is 18.1 Å². The Morgan fingerprint density at radius 1 is 1.09 bits per heavy atom. The van der Waals surface area contributed by atoms with Crippen LogP contribution in [-0.4, -0.2) is 37.7 Å². The van der Waals surface area contributed by atoms with Crippen molar-refractivity contribution in [1.82, 2.24) is 5.32 Å². The Hall–Kier alpha value is -4.01. The summed E-state index contributed by atoms with van der Waals surface area (Å²) < 4.78 is 22.8. The van der Waals surface area contributed by atoms with Crippen LogP contribution >= 0.6 is 0 Å². The average Bonchev–Trinajstić information content (AvgIpc) is 3.05. The van der Waals surface area contributed by atoms with Crippen LogP contribution in [0.15, 0.2) is 45.6 Å². The molecule has 1 amide bonds. The topological polar surface area (TPSA) is 127 Å².